The highest BCUT2D eigenvalue weighted by Gasteiger charge is 2.61. The molecule has 266 valence electrons. The average molecular weight is 718 g/mol. The normalized spacial score (nSPS) is 29.3. The number of allylic oxidation sites excluding steroid dienone is 1. The van der Waals surface area contributed by atoms with Crippen LogP contribution >= 0.6 is 23.5 Å². The van der Waals surface area contributed by atoms with Crippen molar-refractivity contribution in [3.8, 4) is 0 Å². The third kappa shape index (κ3) is 8.46. The predicted molar refractivity (Wildman–Crippen MR) is 181 cm³/mol. The Morgan fingerprint density at radius 3 is 2.69 bits per heavy atom. The van der Waals surface area contributed by atoms with E-state index in [4.69, 9.17) is 25.8 Å². The predicted octanol–water partition coefficient (Wildman–Crippen LogP) is 3.82. The Balaban J connectivity index is 1.23. The average Bonchev–Trinajstić information content (AvgIpc) is 3.89. The molecule has 15 heteroatoms. The zero-order valence-electron chi connectivity index (χ0n) is 28.0. The Morgan fingerprint density at radius 2 is 1.96 bits per heavy atom. The van der Waals surface area contributed by atoms with E-state index in [1.54, 1.807) is 26.8 Å². The zero-order chi connectivity index (χ0) is 34.9. The van der Waals surface area contributed by atoms with Crippen molar-refractivity contribution in [2.45, 2.75) is 107 Å². The maximum atomic E-state index is 14.2. The molecule has 3 aliphatic heterocycles. The number of carbonyl (C=O) groups is 5. The van der Waals surface area contributed by atoms with Crippen LogP contribution in [0.1, 0.15) is 70.4 Å². The number of nitrogens with one attached hydrogen (secondary N) is 3. The number of ether oxygens (including phenoxy) is 3. The lowest BCUT2D eigenvalue weighted by atomic mass is 10.1. The molecule has 2 aliphatic carbocycles. The van der Waals surface area contributed by atoms with Crippen LogP contribution in [-0.4, -0.2) is 94.0 Å². The Morgan fingerprint density at radius 1 is 1.16 bits per heavy atom. The summed E-state index contributed by atoms with van der Waals surface area (Å²) >= 11 is 7.73. The minimum absolute atomic E-state index is 0.0000975. The first-order valence-corrected chi connectivity index (χ1v) is 18.1. The molecule has 1 aromatic carbocycles. The van der Waals surface area contributed by atoms with Crippen LogP contribution in [0.3, 0.4) is 0 Å². The second-order valence-electron chi connectivity index (χ2n) is 14.3. The van der Waals surface area contributed by atoms with E-state index >= 15 is 0 Å². The first-order valence-electron chi connectivity index (χ1n) is 16.9. The van der Waals surface area contributed by atoms with Crippen LogP contribution < -0.4 is 15.4 Å². The lowest BCUT2D eigenvalue weighted by molar-refractivity contribution is -0.142. The topological polar surface area (TPSA) is 156 Å². The molecular formula is C34H44ClN5O8S. The number of fused-ring (bicyclic) bond motifs is 3. The van der Waals surface area contributed by atoms with E-state index in [9.17, 15) is 24.0 Å². The van der Waals surface area contributed by atoms with Gasteiger partial charge in [-0.05, 0) is 82.0 Å². The monoisotopic (exact) mass is 717 g/mol. The number of alkyl carbamates (subject to hydrolysis) is 1. The molecule has 3 N–H and O–H groups in total. The molecule has 0 aromatic heterocycles. The molecule has 0 radical (unpaired) electrons. The number of amides is 5. The van der Waals surface area contributed by atoms with Crippen molar-refractivity contribution in [3.05, 3.63) is 46.5 Å². The van der Waals surface area contributed by atoms with Crippen molar-refractivity contribution in [1.82, 2.24) is 25.2 Å². The van der Waals surface area contributed by atoms with E-state index < -0.39 is 53.3 Å². The summed E-state index contributed by atoms with van der Waals surface area (Å²) in [4.78, 5) is 70.9. The number of benzene rings is 1. The van der Waals surface area contributed by atoms with Gasteiger partial charge in [0.2, 0.25) is 11.8 Å². The molecule has 0 unspecified atom stereocenters. The van der Waals surface area contributed by atoms with Crippen LogP contribution in [0.5, 0.6) is 0 Å². The summed E-state index contributed by atoms with van der Waals surface area (Å²) in [5.41, 5.74) is -0.208. The Labute approximate surface area is 295 Å². The van der Waals surface area contributed by atoms with Crippen molar-refractivity contribution in [2.75, 3.05) is 19.8 Å². The zero-order valence-corrected chi connectivity index (χ0v) is 29.6. The van der Waals surface area contributed by atoms with E-state index in [-0.39, 0.29) is 37.9 Å². The fraction of sp³-hybridized carbons (Fsp3) is 0.618. The van der Waals surface area contributed by atoms with Gasteiger partial charge in [-0.15, -0.1) is 0 Å². The number of hydrogen-bond acceptors (Lipinski definition) is 9. The lowest BCUT2D eigenvalue weighted by Gasteiger charge is -2.30. The van der Waals surface area contributed by atoms with E-state index in [1.165, 1.54) is 21.7 Å². The maximum Gasteiger partial charge on any atom is 0.410 e. The van der Waals surface area contributed by atoms with Gasteiger partial charge < -0.3 is 29.7 Å². The van der Waals surface area contributed by atoms with E-state index in [0.29, 0.717) is 42.7 Å². The molecular weight excluding hydrogens is 674 g/mol. The van der Waals surface area contributed by atoms with Crippen LogP contribution in [-0.2, 0) is 41.7 Å². The number of halogens is 1. The fourth-order valence-corrected chi connectivity index (χ4v) is 7.47. The molecule has 0 bridgehead atoms. The maximum absolute atomic E-state index is 14.2. The molecule has 3 fully saturated rings. The van der Waals surface area contributed by atoms with Gasteiger partial charge in [0.15, 0.2) is 0 Å². The van der Waals surface area contributed by atoms with Gasteiger partial charge in [0.25, 0.3) is 5.91 Å². The highest BCUT2D eigenvalue weighted by molar-refractivity contribution is 7.98. The van der Waals surface area contributed by atoms with Crippen LogP contribution in [0.25, 0.3) is 0 Å². The van der Waals surface area contributed by atoms with E-state index in [2.05, 4.69) is 15.4 Å². The van der Waals surface area contributed by atoms with Crippen LogP contribution in [0, 0.1) is 5.92 Å². The Kier molecular flexibility index (Phi) is 10.4. The van der Waals surface area contributed by atoms with Gasteiger partial charge in [-0.25, -0.2) is 9.59 Å². The van der Waals surface area contributed by atoms with Crippen molar-refractivity contribution in [3.63, 3.8) is 0 Å². The first-order chi connectivity index (χ1) is 23.3. The molecule has 5 aliphatic rings. The highest BCUT2D eigenvalue weighted by atomic mass is 35.5. The number of carbonyl (C=O) groups excluding carboxylic acids is 5. The molecule has 0 spiro atoms. The van der Waals surface area contributed by atoms with Crippen molar-refractivity contribution in [1.29, 1.82) is 0 Å². The van der Waals surface area contributed by atoms with Crippen molar-refractivity contribution >= 4 is 53.5 Å². The Hall–Kier alpha value is -3.49. The van der Waals surface area contributed by atoms with Gasteiger partial charge in [0.1, 0.15) is 29.3 Å². The molecule has 1 aromatic rings. The van der Waals surface area contributed by atoms with Gasteiger partial charge in [0.05, 0.1) is 19.7 Å². The quantitative estimate of drug-likeness (QED) is 0.305. The van der Waals surface area contributed by atoms with Gasteiger partial charge in [0, 0.05) is 35.8 Å². The lowest BCUT2D eigenvalue weighted by Crippen LogP contribution is -2.58. The van der Waals surface area contributed by atoms with Crippen molar-refractivity contribution in [2.24, 2.45) is 5.92 Å². The summed E-state index contributed by atoms with van der Waals surface area (Å²) in [7, 11) is 0. The summed E-state index contributed by atoms with van der Waals surface area (Å²) in [6.45, 7) is 5.79. The standard InChI is InChI=1S/C34H44ClN5O8S/c1-33(2,3)48-31(44)36-26-19-46-13-6-4-5-9-21-15-34(21,30(43)38-49-23-11-12-23)37-28(41)27-14-22(17-40(27)29(26)42)47-32(45)39-16-20-8-7-10-25(35)24(20)18-39/h5,7-10,21-23,26-27H,4,6,11-19H2,1-3H3,(H,36,44)(H,37,41)(H,38,43)/b9-5-/t21-,22-,26+,27+,34-/m1/s1. The molecule has 3 heterocycles. The summed E-state index contributed by atoms with van der Waals surface area (Å²) in [6.07, 6.45) is 5.50. The van der Waals surface area contributed by atoms with E-state index in [1.807, 2.05) is 24.3 Å². The fourth-order valence-electron chi connectivity index (χ4n) is 6.39. The van der Waals surface area contributed by atoms with E-state index in [0.717, 1.165) is 24.0 Å². The van der Waals surface area contributed by atoms with Gasteiger partial charge in [-0.3, -0.25) is 24.0 Å². The third-order valence-corrected chi connectivity index (χ3v) is 10.7. The van der Waals surface area contributed by atoms with Gasteiger partial charge in [-0.1, -0.05) is 35.9 Å². The third-order valence-electron chi connectivity index (χ3n) is 9.21. The molecule has 49 heavy (non-hydrogen) atoms. The first kappa shape index (κ1) is 35.3. The van der Waals surface area contributed by atoms with Gasteiger partial charge >= 0.3 is 12.2 Å². The molecule has 2 saturated carbocycles. The summed E-state index contributed by atoms with van der Waals surface area (Å²) < 4.78 is 20.1. The minimum Gasteiger partial charge on any atom is -0.444 e. The second kappa shape index (κ2) is 14.4. The second-order valence-corrected chi connectivity index (χ2v) is 15.9. The summed E-state index contributed by atoms with van der Waals surface area (Å²) in [5.74, 6) is -1.63. The van der Waals surface area contributed by atoms with Crippen molar-refractivity contribution < 1.29 is 38.2 Å². The highest BCUT2D eigenvalue weighted by Crippen LogP contribution is 2.46. The van der Waals surface area contributed by atoms with Crippen LogP contribution in [0.2, 0.25) is 5.02 Å². The van der Waals surface area contributed by atoms with Crippen LogP contribution in [0.15, 0.2) is 30.4 Å². The minimum atomic E-state index is -1.18. The Bertz CT molecular complexity index is 1520. The number of rotatable bonds is 5. The molecule has 1 saturated heterocycles. The molecule has 5 amide bonds. The van der Waals surface area contributed by atoms with Gasteiger partial charge in [-0.2, -0.15) is 0 Å². The number of hydrogen-bond donors (Lipinski definition) is 3. The SMILES string of the molecule is CC(C)(C)OC(=O)N[C@H]1COCCC/C=C\[C@@H]2C[C@@]2(C(=O)NSC2CC2)NC(=O)[C@@H]2C[C@@H](OC(=O)N3Cc4cccc(Cl)c4C3)CN2C1=O. The summed E-state index contributed by atoms with van der Waals surface area (Å²) in [6, 6.07) is 3.22. The molecule has 6 rings (SSSR count). The molecule has 5 atom stereocenters. The largest absolute Gasteiger partial charge is 0.444 e. The van der Waals surface area contributed by atoms with Crippen LogP contribution in [0.4, 0.5) is 9.59 Å². The summed E-state index contributed by atoms with van der Waals surface area (Å²) in [5, 5.41) is 6.54. The smallest absolute Gasteiger partial charge is 0.410 e. The molecule has 13 nitrogen and oxygen atoms in total. The number of nitrogens with zero attached hydrogens (tertiary/aromatic N) is 2.